The van der Waals surface area contributed by atoms with Gasteiger partial charge in [-0.3, -0.25) is 4.79 Å². The average molecular weight is 349 g/mol. The molecule has 0 atom stereocenters. The van der Waals surface area contributed by atoms with Gasteiger partial charge in [-0.05, 0) is 31.7 Å². The topological polar surface area (TPSA) is 104 Å². The van der Waals surface area contributed by atoms with Crippen LogP contribution < -0.4 is 4.90 Å². The van der Waals surface area contributed by atoms with E-state index in [2.05, 4.69) is 14.9 Å². The summed E-state index contributed by atoms with van der Waals surface area (Å²) in [5, 5.41) is 15.9. The first kappa shape index (κ1) is 19.7. The fraction of sp³-hybridized carbons (Fsp3) is 0.571. The third kappa shape index (κ3) is 6.80. The van der Waals surface area contributed by atoms with Crippen molar-refractivity contribution in [1.29, 1.82) is 0 Å². The van der Waals surface area contributed by atoms with E-state index in [1.165, 1.54) is 0 Å². The van der Waals surface area contributed by atoms with Crippen molar-refractivity contribution in [1.82, 2.24) is 9.97 Å². The first-order valence-electron chi connectivity index (χ1n) is 7.16. The summed E-state index contributed by atoms with van der Waals surface area (Å²) in [5.41, 5.74) is 0. The molecule has 0 spiro atoms. The van der Waals surface area contributed by atoms with E-state index in [1.807, 2.05) is 13.0 Å². The van der Waals surface area contributed by atoms with E-state index in [0.717, 1.165) is 37.6 Å². The Morgan fingerprint density at radius 1 is 1.29 bits per heavy atom. The zero-order chi connectivity index (χ0) is 18.3. The van der Waals surface area contributed by atoms with Gasteiger partial charge < -0.3 is 15.1 Å². The van der Waals surface area contributed by atoms with Crippen molar-refractivity contribution in [2.24, 2.45) is 5.92 Å². The van der Waals surface area contributed by atoms with Crippen LogP contribution in [0.3, 0.4) is 0 Å². The van der Waals surface area contributed by atoms with E-state index in [0.29, 0.717) is 5.92 Å². The molecule has 0 unspecified atom stereocenters. The summed E-state index contributed by atoms with van der Waals surface area (Å²) in [4.78, 5) is 30.2. The highest BCUT2D eigenvalue weighted by atomic mass is 19.4. The van der Waals surface area contributed by atoms with Crippen LogP contribution in [0.4, 0.5) is 19.0 Å². The van der Waals surface area contributed by atoms with Gasteiger partial charge in [0.2, 0.25) is 0 Å². The van der Waals surface area contributed by atoms with Gasteiger partial charge >= 0.3 is 18.1 Å². The lowest BCUT2D eigenvalue weighted by molar-refractivity contribution is -0.192. The van der Waals surface area contributed by atoms with Crippen LogP contribution in [0.25, 0.3) is 0 Å². The van der Waals surface area contributed by atoms with E-state index >= 15 is 0 Å². The van der Waals surface area contributed by atoms with Gasteiger partial charge in [-0.25, -0.2) is 14.8 Å². The zero-order valence-corrected chi connectivity index (χ0v) is 13.0. The lowest BCUT2D eigenvalue weighted by atomic mass is 9.94. The quantitative estimate of drug-likeness (QED) is 0.861. The molecule has 1 saturated heterocycles. The molecule has 0 aliphatic carbocycles. The number of carboxylic acid groups (broad SMARTS) is 2. The fourth-order valence-electron chi connectivity index (χ4n) is 2.23. The minimum atomic E-state index is -5.08. The SMILES string of the molecule is Cc1nccc(N2CCC(CC(=O)O)CC2)n1.O=C(O)C(F)(F)F. The second-order valence-corrected chi connectivity index (χ2v) is 5.29. The van der Waals surface area contributed by atoms with E-state index in [-0.39, 0.29) is 6.42 Å². The molecule has 0 amide bonds. The molecule has 0 bridgehead atoms. The Labute approximate surface area is 136 Å². The summed E-state index contributed by atoms with van der Waals surface area (Å²) in [6, 6.07) is 1.91. The lowest BCUT2D eigenvalue weighted by Crippen LogP contribution is -2.35. The molecular weight excluding hydrogens is 331 g/mol. The van der Waals surface area contributed by atoms with Gasteiger partial charge in [0.1, 0.15) is 11.6 Å². The van der Waals surface area contributed by atoms with Crippen LogP contribution >= 0.6 is 0 Å². The van der Waals surface area contributed by atoms with Gasteiger partial charge in [0.25, 0.3) is 0 Å². The van der Waals surface area contributed by atoms with E-state index in [4.69, 9.17) is 15.0 Å². The Morgan fingerprint density at radius 3 is 2.25 bits per heavy atom. The molecule has 0 radical (unpaired) electrons. The third-order valence-electron chi connectivity index (χ3n) is 3.41. The maximum Gasteiger partial charge on any atom is 0.490 e. The number of carbonyl (C=O) groups is 2. The number of nitrogens with zero attached hydrogens (tertiary/aromatic N) is 3. The molecule has 10 heteroatoms. The number of rotatable bonds is 3. The summed E-state index contributed by atoms with van der Waals surface area (Å²) >= 11 is 0. The van der Waals surface area contributed by atoms with Gasteiger partial charge in [0.05, 0.1) is 0 Å². The predicted molar refractivity (Wildman–Crippen MR) is 77.6 cm³/mol. The Kier molecular flexibility index (Phi) is 6.93. The number of aryl methyl sites for hydroxylation is 1. The molecule has 2 heterocycles. The third-order valence-corrected chi connectivity index (χ3v) is 3.41. The van der Waals surface area contributed by atoms with Crippen LogP contribution in [0.1, 0.15) is 25.1 Å². The monoisotopic (exact) mass is 349 g/mol. The summed E-state index contributed by atoms with van der Waals surface area (Å²) in [6.45, 7) is 3.64. The Bertz CT molecular complexity index is 573. The van der Waals surface area contributed by atoms with Gasteiger partial charge in [-0.1, -0.05) is 0 Å². The van der Waals surface area contributed by atoms with Crippen LogP contribution in [0.15, 0.2) is 12.3 Å². The molecule has 2 rings (SSSR count). The van der Waals surface area contributed by atoms with E-state index < -0.39 is 18.1 Å². The Balaban J connectivity index is 0.000000351. The fourth-order valence-corrected chi connectivity index (χ4v) is 2.23. The van der Waals surface area contributed by atoms with Crippen LogP contribution in [-0.4, -0.2) is 51.4 Å². The van der Waals surface area contributed by atoms with Crippen molar-refractivity contribution >= 4 is 17.8 Å². The number of carboxylic acids is 2. The van der Waals surface area contributed by atoms with Crippen molar-refractivity contribution in [3.05, 3.63) is 18.1 Å². The molecule has 0 saturated carbocycles. The minimum absolute atomic E-state index is 0.288. The van der Waals surface area contributed by atoms with Crippen LogP contribution in [0, 0.1) is 12.8 Å². The molecule has 1 fully saturated rings. The number of hydrogen-bond acceptors (Lipinski definition) is 5. The molecule has 1 aromatic rings. The van der Waals surface area contributed by atoms with Crippen molar-refractivity contribution in [2.75, 3.05) is 18.0 Å². The summed E-state index contributed by atoms with van der Waals surface area (Å²) < 4.78 is 31.7. The molecule has 134 valence electrons. The highest BCUT2D eigenvalue weighted by Gasteiger charge is 2.38. The van der Waals surface area contributed by atoms with Crippen LogP contribution in [-0.2, 0) is 9.59 Å². The standard InChI is InChI=1S/C12H17N3O2.C2HF3O2/c1-9-13-5-2-11(14-9)15-6-3-10(4-7-15)8-12(16)17;3-2(4,5)1(6)7/h2,5,10H,3-4,6-8H2,1H3,(H,16,17);(H,6,7). The minimum Gasteiger partial charge on any atom is -0.481 e. The van der Waals surface area contributed by atoms with Gasteiger partial charge in [0, 0.05) is 25.7 Å². The number of anilines is 1. The van der Waals surface area contributed by atoms with Gasteiger partial charge in [-0.15, -0.1) is 0 Å². The molecule has 1 aromatic heterocycles. The smallest absolute Gasteiger partial charge is 0.481 e. The summed E-state index contributed by atoms with van der Waals surface area (Å²) in [7, 11) is 0. The van der Waals surface area contributed by atoms with Crippen molar-refractivity contribution in [3.63, 3.8) is 0 Å². The molecular formula is C14H18F3N3O4. The van der Waals surface area contributed by atoms with Crippen LogP contribution in [0.5, 0.6) is 0 Å². The number of alkyl halides is 3. The van der Waals surface area contributed by atoms with Gasteiger partial charge in [-0.2, -0.15) is 13.2 Å². The van der Waals surface area contributed by atoms with Crippen molar-refractivity contribution < 1.29 is 33.0 Å². The molecule has 7 nitrogen and oxygen atoms in total. The summed E-state index contributed by atoms with van der Waals surface area (Å²) in [5.74, 6) is -1.41. The normalized spacial score (nSPS) is 15.4. The molecule has 0 aromatic carbocycles. The highest BCUT2D eigenvalue weighted by molar-refractivity contribution is 5.73. The maximum absolute atomic E-state index is 10.6. The number of aliphatic carboxylic acids is 2. The molecule has 1 aliphatic heterocycles. The lowest BCUT2D eigenvalue weighted by Gasteiger charge is -2.32. The largest absolute Gasteiger partial charge is 0.490 e. The van der Waals surface area contributed by atoms with Crippen molar-refractivity contribution in [3.8, 4) is 0 Å². The molecule has 1 aliphatic rings. The highest BCUT2D eigenvalue weighted by Crippen LogP contribution is 2.23. The first-order valence-corrected chi connectivity index (χ1v) is 7.16. The van der Waals surface area contributed by atoms with E-state index in [1.54, 1.807) is 6.20 Å². The number of hydrogen-bond donors (Lipinski definition) is 2. The van der Waals surface area contributed by atoms with Crippen LogP contribution in [0.2, 0.25) is 0 Å². The Morgan fingerprint density at radius 2 is 1.83 bits per heavy atom. The first-order chi connectivity index (χ1) is 11.1. The van der Waals surface area contributed by atoms with E-state index in [9.17, 15) is 18.0 Å². The van der Waals surface area contributed by atoms with Gasteiger partial charge in [0.15, 0.2) is 0 Å². The van der Waals surface area contributed by atoms with Crippen molar-refractivity contribution in [2.45, 2.75) is 32.4 Å². The molecule has 24 heavy (non-hydrogen) atoms. The second-order valence-electron chi connectivity index (χ2n) is 5.29. The number of aromatic nitrogens is 2. The number of piperidine rings is 1. The maximum atomic E-state index is 10.6. The second kappa shape index (κ2) is 8.46. The number of halogens is 3. The Hall–Kier alpha value is -2.39. The summed E-state index contributed by atoms with van der Waals surface area (Å²) in [6.07, 6.45) is -1.18. The predicted octanol–water partition coefficient (Wildman–Crippen LogP) is 2.11. The zero-order valence-electron chi connectivity index (χ0n) is 13.0. The molecule has 2 N–H and O–H groups in total. The average Bonchev–Trinajstić information content (AvgIpc) is 2.47.